The Hall–Kier alpha value is -2.42. The van der Waals surface area contributed by atoms with Gasteiger partial charge in [0, 0.05) is 27.2 Å². The molecule has 0 aromatic heterocycles. The van der Waals surface area contributed by atoms with Crippen LogP contribution in [-0.2, 0) is 32.5 Å². The van der Waals surface area contributed by atoms with Crippen molar-refractivity contribution in [2.24, 2.45) is 5.41 Å². The zero-order valence-electron chi connectivity index (χ0n) is 23.1. The van der Waals surface area contributed by atoms with Gasteiger partial charge in [0.1, 0.15) is 12.4 Å². The fraction of sp³-hybridized carbons (Fsp3) is 0.536. The van der Waals surface area contributed by atoms with E-state index in [1.807, 2.05) is 0 Å². The molecule has 0 atom stereocenters. The predicted molar refractivity (Wildman–Crippen MR) is 144 cm³/mol. The molecule has 200 valence electrons. The Labute approximate surface area is 217 Å². The van der Waals surface area contributed by atoms with Gasteiger partial charge in [0.25, 0.3) is 0 Å². The molecule has 0 heterocycles. The van der Waals surface area contributed by atoms with Gasteiger partial charge in [-0.15, -0.1) is 0 Å². The maximum absolute atomic E-state index is 13.1. The second-order valence-electron chi connectivity index (χ2n) is 10.6. The summed E-state index contributed by atoms with van der Waals surface area (Å²) < 4.78 is 38.2. The van der Waals surface area contributed by atoms with E-state index in [2.05, 4.69) is 45.0 Å². The molecule has 0 saturated heterocycles. The van der Waals surface area contributed by atoms with E-state index in [-0.39, 0.29) is 30.6 Å². The number of carbonyl (C=O) groups excluding carboxylic acids is 1. The molecule has 36 heavy (non-hydrogen) atoms. The highest BCUT2D eigenvalue weighted by Gasteiger charge is 2.25. The lowest BCUT2D eigenvalue weighted by Gasteiger charge is -2.21. The summed E-state index contributed by atoms with van der Waals surface area (Å²) in [6, 6.07) is 11.8. The van der Waals surface area contributed by atoms with E-state index in [9.17, 15) is 13.2 Å². The maximum atomic E-state index is 13.1. The molecule has 0 spiro atoms. The molecule has 2 aromatic rings. The number of carbonyl (C=O) groups is 1. The number of hydrogen-bond donors (Lipinski definition) is 0. The third kappa shape index (κ3) is 8.61. The monoisotopic (exact) mass is 518 g/mol. The van der Waals surface area contributed by atoms with E-state index in [0.717, 1.165) is 18.4 Å². The minimum Gasteiger partial charge on any atom is -0.497 e. The first-order valence-corrected chi connectivity index (χ1v) is 13.7. The molecule has 2 rings (SSSR count). The van der Waals surface area contributed by atoms with Gasteiger partial charge in [-0.3, -0.25) is 4.79 Å². The van der Waals surface area contributed by atoms with Crippen LogP contribution >= 0.6 is 0 Å². The summed E-state index contributed by atoms with van der Waals surface area (Å²) in [7, 11) is 1.11. The minimum atomic E-state index is -3.70. The van der Waals surface area contributed by atoms with Crippen LogP contribution in [-0.4, -0.2) is 64.5 Å². The fourth-order valence-corrected chi connectivity index (χ4v) is 5.42. The number of likely N-dealkylation sites (N-methyl/N-ethyl adjacent to an activating group) is 2. The summed E-state index contributed by atoms with van der Waals surface area (Å²) in [6.45, 7) is 10.9. The quantitative estimate of drug-likeness (QED) is 0.384. The van der Waals surface area contributed by atoms with Gasteiger partial charge in [-0.1, -0.05) is 45.0 Å². The number of hydrogen-bond acceptors (Lipinski definition) is 5. The smallest absolute Gasteiger partial charge is 0.248 e. The first-order valence-electron chi connectivity index (χ1n) is 12.3. The molecular weight excluding hydrogens is 476 g/mol. The molecule has 0 bridgehead atoms. The largest absolute Gasteiger partial charge is 0.497 e. The average molecular weight is 519 g/mol. The topological polar surface area (TPSA) is 76.1 Å². The molecule has 0 aliphatic rings. The van der Waals surface area contributed by atoms with E-state index in [0.29, 0.717) is 28.8 Å². The molecule has 2 aromatic carbocycles. The number of sulfonamides is 1. The number of benzene rings is 2. The fourth-order valence-electron chi connectivity index (χ4n) is 3.87. The molecule has 0 aliphatic heterocycles. The molecule has 8 heteroatoms. The van der Waals surface area contributed by atoms with E-state index < -0.39 is 10.0 Å². The molecular formula is C28H42N2O5S. The van der Waals surface area contributed by atoms with Crippen LogP contribution in [0.5, 0.6) is 5.75 Å². The van der Waals surface area contributed by atoms with Gasteiger partial charge >= 0.3 is 0 Å². The minimum absolute atomic E-state index is 0.103. The third-order valence-corrected chi connectivity index (χ3v) is 8.31. The second kappa shape index (κ2) is 12.7. The Balaban J connectivity index is 1.82. The van der Waals surface area contributed by atoms with Crippen LogP contribution in [0, 0.1) is 19.3 Å². The van der Waals surface area contributed by atoms with Crippen LogP contribution in [0.1, 0.15) is 49.4 Å². The Kier molecular flexibility index (Phi) is 10.5. The van der Waals surface area contributed by atoms with Crippen LogP contribution in [0.2, 0.25) is 0 Å². The lowest BCUT2D eigenvalue weighted by Crippen LogP contribution is -2.33. The standard InChI is InChI=1S/C28H42N2O5S/c1-21-17-25(34-8)18-22(2)27(21)36(32,33)30(7)15-16-35-20-26(31)29(6)19-24-11-9-23(10-12-24)13-14-28(3,4)5/h9-12,17-18H,13-16,19-20H2,1-8H3. The summed E-state index contributed by atoms with van der Waals surface area (Å²) in [5.41, 5.74) is 3.90. The predicted octanol–water partition coefficient (Wildman–Crippen LogP) is 4.59. The van der Waals surface area contributed by atoms with E-state index in [4.69, 9.17) is 9.47 Å². The van der Waals surface area contributed by atoms with Gasteiger partial charge in [0.15, 0.2) is 0 Å². The summed E-state index contributed by atoms with van der Waals surface area (Å²) in [5.74, 6) is 0.466. The van der Waals surface area contributed by atoms with Crippen LogP contribution in [0.15, 0.2) is 41.3 Å². The lowest BCUT2D eigenvalue weighted by molar-refractivity contribution is -0.135. The van der Waals surface area contributed by atoms with Crippen LogP contribution < -0.4 is 4.74 Å². The highest BCUT2D eigenvalue weighted by atomic mass is 32.2. The number of aryl methyl sites for hydroxylation is 3. The van der Waals surface area contributed by atoms with Crippen molar-refractivity contribution in [1.82, 2.24) is 9.21 Å². The van der Waals surface area contributed by atoms with Gasteiger partial charge in [0.05, 0.1) is 18.6 Å². The molecule has 0 saturated carbocycles. The Morgan fingerprint density at radius 2 is 1.53 bits per heavy atom. The van der Waals surface area contributed by atoms with Gasteiger partial charge < -0.3 is 14.4 Å². The molecule has 0 aliphatic carbocycles. The molecule has 0 unspecified atom stereocenters. The zero-order chi connectivity index (χ0) is 27.1. The Bertz CT molecular complexity index is 1100. The van der Waals surface area contributed by atoms with Crippen molar-refractivity contribution >= 4 is 15.9 Å². The van der Waals surface area contributed by atoms with Gasteiger partial charge in [-0.05, 0) is 66.5 Å². The van der Waals surface area contributed by atoms with Crippen LogP contribution in [0.25, 0.3) is 0 Å². The molecule has 0 radical (unpaired) electrons. The summed E-state index contributed by atoms with van der Waals surface area (Å²) >= 11 is 0. The normalized spacial score (nSPS) is 12.1. The van der Waals surface area contributed by atoms with E-state index in [1.165, 1.54) is 16.9 Å². The number of amides is 1. The molecule has 1 amide bonds. The van der Waals surface area contributed by atoms with Crippen molar-refractivity contribution in [1.29, 1.82) is 0 Å². The summed E-state index contributed by atoms with van der Waals surface area (Å²) in [6.07, 6.45) is 2.16. The van der Waals surface area contributed by atoms with Crippen molar-refractivity contribution in [2.45, 2.75) is 58.9 Å². The van der Waals surface area contributed by atoms with Crippen molar-refractivity contribution in [3.05, 3.63) is 58.7 Å². The Morgan fingerprint density at radius 3 is 2.06 bits per heavy atom. The highest BCUT2D eigenvalue weighted by Crippen LogP contribution is 2.27. The van der Waals surface area contributed by atoms with E-state index >= 15 is 0 Å². The number of nitrogens with zero attached hydrogens (tertiary/aromatic N) is 2. The van der Waals surface area contributed by atoms with Crippen molar-refractivity contribution < 1.29 is 22.7 Å². The molecule has 7 nitrogen and oxygen atoms in total. The van der Waals surface area contributed by atoms with Gasteiger partial charge in [-0.25, -0.2) is 8.42 Å². The average Bonchev–Trinajstić information content (AvgIpc) is 2.79. The number of methoxy groups -OCH3 is 1. The van der Waals surface area contributed by atoms with Crippen molar-refractivity contribution in [3.8, 4) is 5.75 Å². The van der Waals surface area contributed by atoms with Crippen LogP contribution in [0.3, 0.4) is 0 Å². The summed E-state index contributed by atoms with van der Waals surface area (Å²) in [4.78, 5) is 14.4. The number of ether oxygens (including phenoxy) is 2. The van der Waals surface area contributed by atoms with Crippen molar-refractivity contribution in [3.63, 3.8) is 0 Å². The first-order chi connectivity index (χ1) is 16.7. The lowest BCUT2D eigenvalue weighted by atomic mass is 9.88. The molecule has 0 N–H and O–H groups in total. The highest BCUT2D eigenvalue weighted by molar-refractivity contribution is 7.89. The van der Waals surface area contributed by atoms with Gasteiger partial charge in [-0.2, -0.15) is 4.31 Å². The molecule has 0 fully saturated rings. The third-order valence-electron chi connectivity index (χ3n) is 6.15. The van der Waals surface area contributed by atoms with E-state index in [1.54, 1.807) is 45.0 Å². The van der Waals surface area contributed by atoms with Gasteiger partial charge in [0.2, 0.25) is 15.9 Å². The second-order valence-corrected chi connectivity index (χ2v) is 12.6. The Morgan fingerprint density at radius 1 is 0.972 bits per heavy atom. The van der Waals surface area contributed by atoms with Crippen LogP contribution in [0.4, 0.5) is 0 Å². The zero-order valence-corrected chi connectivity index (χ0v) is 23.9. The van der Waals surface area contributed by atoms with Crippen molar-refractivity contribution in [2.75, 3.05) is 41.0 Å². The number of rotatable bonds is 12. The first kappa shape index (κ1) is 29.8. The maximum Gasteiger partial charge on any atom is 0.248 e. The summed E-state index contributed by atoms with van der Waals surface area (Å²) in [5, 5.41) is 0. The SMILES string of the molecule is COc1cc(C)c(S(=O)(=O)N(C)CCOCC(=O)N(C)Cc2ccc(CCC(C)(C)C)cc2)c(C)c1.